The third kappa shape index (κ3) is 9.75. The fraction of sp³-hybridized carbons (Fsp3) is 0.548. The molecule has 204 valence electrons. The molecule has 0 aliphatic rings. The van der Waals surface area contributed by atoms with Crippen LogP contribution in [0.4, 0.5) is 5.69 Å². The summed E-state index contributed by atoms with van der Waals surface area (Å²) in [6, 6.07) is 5.62. The molecule has 2 rings (SSSR count). The number of allylic oxidation sites excluding steroid dienone is 3. The number of aromatic nitrogens is 1. The van der Waals surface area contributed by atoms with Crippen LogP contribution in [0.15, 0.2) is 46.3 Å². The van der Waals surface area contributed by atoms with Crippen LogP contribution in [0.1, 0.15) is 92.9 Å². The average molecular weight is 511 g/mol. The largest absolute Gasteiger partial charge is 0.489 e. The van der Waals surface area contributed by atoms with E-state index in [1.165, 1.54) is 18.1 Å². The second-order valence-corrected chi connectivity index (χ2v) is 9.97. The van der Waals surface area contributed by atoms with Gasteiger partial charge >= 0.3 is 0 Å². The third-order valence-corrected chi connectivity index (χ3v) is 6.23. The van der Waals surface area contributed by atoms with Crippen LogP contribution in [0.5, 0.6) is 11.5 Å². The van der Waals surface area contributed by atoms with Crippen LogP contribution in [0.25, 0.3) is 10.9 Å². The lowest BCUT2D eigenvalue weighted by Crippen LogP contribution is -2.24. The summed E-state index contributed by atoms with van der Waals surface area (Å²) in [6.07, 6.45) is 12.3. The van der Waals surface area contributed by atoms with Crippen LogP contribution < -0.4 is 20.3 Å². The molecule has 6 heteroatoms. The van der Waals surface area contributed by atoms with Crippen molar-refractivity contribution in [3.05, 3.63) is 51.9 Å². The Kier molecular flexibility index (Phi) is 13.0. The summed E-state index contributed by atoms with van der Waals surface area (Å²) in [4.78, 5) is 25.4. The number of pyridine rings is 1. The van der Waals surface area contributed by atoms with Gasteiger partial charge in [0, 0.05) is 24.5 Å². The van der Waals surface area contributed by atoms with E-state index in [4.69, 9.17) is 9.47 Å². The van der Waals surface area contributed by atoms with Crippen LogP contribution >= 0.6 is 0 Å². The summed E-state index contributed by atoms with van der Waals surface area (Å²) >= 11 is 0. The molecule has 0 aliphatic carbocycles. The molecule has 0 unspecified atom stereocenters. The molecule has 0 spiro atoms. The predicted molar refractivity (Wildman–Crippen MR) is 155 cm³/mol. The van der Waals surface area contributed by atoms with Crippen molar-refractivity contribution in [2.24, 2.45) is 0 Å². The van der Waals surface area contributed by atoms with E-state index in [2.05, 4.69) is 46.0 Å². The first-order valence-electron chi connectivity index (χ1n) is 13.8. The number of unbranched alkanes of at least 4 members (excludes halogenated alkanes) is 4. The number of nitrogens with zero attached hydrogens (tertiary/aromatic N) is 1. The Morgan fingerprint density at radius 3 is 2.38 bits per heavy atom. The van der Waals surface area contributed by atoms with E-state index in [-0.39, 0.29) is 17.2 Å². The molecule has 2 aromatic rings. The monoisotopic (exact) mass is 510 g/mol. The average Bonchev–Trinajstić information content (AvgIpc) is 2.84. The highest BCUT2D eigenvalue weighted by Crippen LogP contribution is 2.35. The van der Waals surface area contributed by atoms with Gasteiger partial charge < -0.3 is 19.4 Å². The highest BCUT2D eigenvalue weighted by molar-refractivity contribution is 5.94. The first-order valence-corrected chi connectivity index (χ1v) is 13.8. The maximum atomic E-state index is 13.7. The van der Waals surface area contributed by atoms with Crippen molar-refractivity contribution in [1.29, 1.82) is 0 Å². The van der Waals surface area contributed by atoms with Crippen molar-refractivity contribution >= 4 is 22.5 Å². The number of ether oxygens (including phenoxy) is 2. The maximum Gasteiger partial charge on any atom is 0.297 e. The summed E-state index contributed by atoms with van der Waals surface area (Å²) in [7, 11) is 0. The summed E-state index contributed by atoms with van der Waals surface area (Å²) in [5.41, 5.74) is 3.75. The zero-order valence-corrected chi connectivity index (χ0v) is 23.7. The van der Waals surface area contributed by atoms with Crippen LogP contribution in [-0.2, 0) is 11.3 Å². The highest BCUT2D eigenvalue weighted by Gasteiger charge is 2.20. The first-order chi connectivity index (χ1) is 17.8. The molecule has 0 bridgehead atoms. The van der Waals surface area contributed by atoms with Gasteiger partial charge in [-0.15, -0.1) is 0 Å². The molecule has 6 nitrogen and oxygen atoms in total. The van der Waals surface area contributed by atoms with Crippen LogP contribution in [0, 0.1) is 0 Å². The number of aryl methyl sites for hydroxylation is 1. The smallest absolute Gasteiger partial charge is 0.297 e. The molecule has 1 aromatic heterocycles. The molecule has 0 atom stereocenters. The molecule has 37 heavy (non-hydrogen) atoms. The minimum absolute atomic E-state index is 0.152. The number of anilines is 1. The Hall–Kier alpha value is -3.02. The normalized spacial score (nSPS) is 11.5. The van der Waals surface area contributed by atoms with Gasteiger partial charge in [0.05, 0.1) is 12.1 Å². The highest BCUT2D eigenvalue weighted by atomic mass is 16.5. The lowest BCUT2D eigenvalue weighted by atomic mass is 10.1. The predicted octanol–water partition coefficient (Wildman–Crippen LogP) is 7.79. The van der Waals surface area contributed by atoms with Crippen LogP contribution in [-0.4, -0.2) is 23.7 Å². The Morgan fingerprint density at radius 2 is 1.70 bits per heavy atom. The fourth-order valence-electron chi connectivity index (χ4n) is 4.15. The summed E-state index contributed by atoms with van der Waals surface area (Å²) in [5, 5.41) is 3.65. The molecule has 0 saturated carbocycles. The molecule has 1 N–H and O–H groups in total. The van der Waals surface area contributed by atoms with Crippen molar-refractivity contribution < 1.29 is 14.3 Å². The number of amides is 1. The second kappa shape index (κ2) is 16.0. The Bertz CT molecular complexity index is 1140. The first kappa shape index (κ1) is 30.2. The lowest BCUT2D eigenvalue weighted by Gasteiger charge is -2.19. The van der Waals surface area contributed by atoms with E-state index < -0.39 is 0 Å². The van der Waals surface area contributed by atoms with Gasteiger partial charge in [-0.05, 0) is 70.7 Å². The Morgan fingerprint density at radius 1 is 0.946 bits per heavy atom. The minimum atomic E-state index is -0.194. The number of hydrogen-bond acceptors (Lipinski definition) is 4. The Balaban J connectivity index is 2.48. The maximum absolute atomic E-state index is 13.7. The van der Waals surface area contributed by atoms with Gasteiger partial charge in [-0.3, -0.25) is 9.59 Å². The number of fused-ring (bicyclic) bond motifs is 1. The van der Waals surface area contributed by atoms with Gasteiger partial charge in [-0.25, -0.2) is 0 Å². The molecule has 1 aromatic carbocycles. The van der Waals surface area contributed by atoms with Gasteiger partial charge in [0.1, 0.15) is 6.61 Å². The van der Waals surface area contributed by atoms with Crippen molar-refractivity contribution in [3.8, 4) is 11.5 Å². The fourth-order valence-corrected chi connectivity index (χ4v) is 4.15. The number of rotatable bonds is 16. The third-order valence-electron chi connectivity index (χ3n) is 6.23. The van der Waals surface area contributed by atoms with Gasteiger partial charge in [-0.1, -0.05) is 56.8 Å². The van der Waals surface area contributed by atoms with Crippen molar-refractivity contribution in [1.82, 2.24) is 4.57 Å². The molecule has 1 amide bonds. The standard InChI is InChI=1S/C31H46N2O4/c1-7-9-11-12-20-36-29-27-17-16-26(32-25(6)34)22-28(27)33(19-10-8-2)31(35)30(29)37-21-18-24(5)15-13-14-23(3)4/h14,16-18,22H,7-13,15,19-21H2,1-6H3,(H,32,34)/b24-18+. The molecular weight excluding hydrogens is 464 g/mol. The zero-order valence-electron chi connectivity index (χ0n) is 23.7. The summed E-state index contributed by atoms with van der Waals surface area (Å²) in [6.45, 7) is 13.5. The van der Waals surface area contributed by atoms with Gasteiger partial charge in [0.25, 0.3) is 5.56 Å². The van der Waals surface area contributed by atoms with E-state index in [9.17, 15) is 9.59 Å². The van der Waals surface area contributed by atoms with Crippen molar-refractivity contribution in [2.45, 2.75) is 99.5 Å². The number of hydrogen-bond donors (Lipinski definition) is 1. The number of carbonyl (C=O) groups is 1. The Labute approximate surface area is 222 Å². The lowest BCUT2D eigenvalue weighted by molar-refractivity contribution is -0.114. The van der Waals surface area contributed by atoms with Gasteiger partial charge in [0.15, 0.2) is 5.75 Å². The van der Waals surface area contributed by atoms with E-state index in [1.807, 2.05) is 24.3 Å². The summed E-state index contributed by atoms with van der Waals surface area (Å²) < 4.78 is 14.2. The van der Waals surface area contributed by atoms with E-state index in [0.29, 0.717) is 31.2 Å². The molecule has 1 heterocycles. The molecule has 0 aliphatic heterocycles. The van der Waals surface area contributed by atoms with Crippen molar-refractivity contribution in [3.63, 3.8) is 0 Å². The number of carbonyl (C=O) groups excluding carboxylic acids is 1. The topological polar surface area (TPSA) is 69.6 Å². The van der Waals surface area contributed by atoms with Crippen LogP contribution in [0.2, 0.25) is 0 Å². The zero-order chi connectivity index (χ0) is 27.2. The number of nitrogens with one attached hydrogen (secondary N) is 1. The molecule has 0 fully saturated rings. The van der Waals surface area contributed by atoms with E-state index in [0.717, 1.165) is 62.3 Å². The van der Waals surface area contributed by atoms with E-state index in [1.54, 1.807) is 4.57 Å². The second-order valence-electron chi connectivity index (χ2n) is 9.97. The van der Waals surface area contributed by atoms with Gasteiger partial charge in [0.2, 0.25) is 11.7 Å². The quantitative estimate of drug-likeness (QED) is 0.185. The molecule has 0 saturated heterocycles. The molecule has 0 radical (unpaired) electrons. The van der Waals surface area contributed by atoms with E-state index >= 15 is 0 Å². The summed E-state index contributed by atoms with van der Waals surface area (Å²) in [5.74, 6) is 0.606. The SMILES string of the molecule is CCCCCCOc1c(OC/C=C(\C)CCC=C(C)C)c(=O)n(CCCC)c2cc(NC(C)=O)ccc12. The van der Waals surface area contributed by atoms with Gasteiger partial charge in [-0.2, -0.15) is 0 Å². The van der Waals surface area contributed by atoms with Crippen LogP contribution in [0.3, 0.4) is 0 Å². The number of benzene rings is 1. The minimum Gasteiger partial charge on any atom is -0.489 e. The van der Waals surface area contributed by atoms with Crippen molar-refractivity contribution in [2.75, 3.05) is 18.5 Å². The molecular formula is C31H46N2O4.